The first kappa shape index (κ1) is 20.1. The molecule has 144 valence electrons. The number of ether oxygens (including phenoxy) is 2. The molecular formula is C20H25N3O4. The molecule has 2 aromatic carbocycles. The molecule has 0 radical (unpaired) electrons. The van der Waals surface area contributed by atoms with Gasteiger partial charge in [0.2, 0.25) is 0 Å². The number of nitrogens with two attached hydrogens (primary N) is 1. The Hall–Kier alpha value is -3.22. The Kier molecular flexibility index (Phi) is 6.65. The van der Waals surface area contributed by atoms with Crippen molar-refractivity contribution < 1.29 is 19.1 Å². The van der Waals surface area contributed by atoms with E-state index in [2.05, 4.69) is 0 Å². The Labute approximate surface area is 159 Å². The zero-order chi connectivity index (χ0) is 20.0. The normalized spacial score (nSPS) is 12.3. The van der Waals surface area contributed by atoms with Gasteiger partial charge in [-0.1, -0.05) is 26.0 Å². The largest absolute Gasteiger partial charge is 0.415 e. The summed E-state index contributed by atoms with van der Waals surface area (Å²) in [5.74, 6) is 0.729. The van der Waals surface area contributed by atoms with Crippen LogP contribution in [-0.4, -0.2) is 36.1 Å². The fourth-order valence-corrected chi connectivity index (χ4v) is 2.48. The average Bonchev–Trinajstić information content (AvgIpc) is 2.64. The highest BCUT2D eigenvalue weighted by Crippen LogP contribution is 2.31. The number of benzene rings is 2. The van der Waals surface area contributed by atoms with Crippen LogP contribution < -0.4 is 15.2 Å². The van der Waals surface area contributed by atoms with Gasteiger partial charge in [-0.05, 0) is 29.8 Å². The summed E-state index contributed by atoms with van der Waals surface area (Å²) < 4.78 is 10.6. The Bertz CT molecular complexity index is 821. The SMILES string of the molecule is CC.CN(C)C(=O)Oc1ccc2c(c1)OC(=O)N(Cc1cccc(N)c1)C2. The number of carbonyl (C=O) groups is 2. The lowest BCUT2D eigenvalue weighted by atomic mass is 10.1. The zero-order valence-corrected chi connectivity index (χ0v) is 16.1. The van der Waals surface area contributed by atoms with Gasteiger partial charge in [-0.25, -0.2) is 9.59 Å². The molecule has 1 heterocycles. The molecular weight excluding hydrogens is 346 g/mol. The molecule has 0 saturated heterocycles. The zero-order valence-electron chi connectivity index (χ0n) is 16.1. The Morgan fingerprint density at radius 3 is 2.63 bits per heavy atom. The van der Waals surface area contributed by atoms with E-state index in [9.17, 15) is 9.59 Å². The molecule has 27 heavy (non-hydrogen) atoms. The Morgan fingerprint density at radius 2 is 1.96 bits per heavy atom. The molecule has 0 spiro atoms. The highest BCUT2D eigenvalue weighted by molar-refractivity contribution is 5.74. The van der Waals surface area contributed by atoms with Gasteiger partial charge in [0.25, 0.3) is 0 Å². The topological polar surface area (TPSA) is 85.1 Å². The Balaban J connectivity index is 0.00000126. The number of fused-ring (bicyclic) bond motifs is 1. The third-order valence-corrected chi connectivity index (χ3v) is 3.75. The second-order valence-electron chi connectivity index (χ2n) is 6.00. The molecule has 2 amide bonds. The van der Waals surface area contributed by atoms with E-state index in [-0.39, 0.29) is 0 Å². The van der Waals surface area contributed by atoms with Crippen LogP contribution in [0, 0.1) is 0 Å². The molecule has 2 aromatic rings. The maximum atomic E-state index is 12.2. The molecule has 0 atom stereocenters. The molecule has 1 aliphatic heterocycles. The number of anilines is 1. The van der Waals surface area contributed by atoms with E-state index in [1.54, 1.807) is 43.3 Å². The average molecular weight is 371 g/mol. The van der Waals surface area contributed by atoms with Crippen LogP contribution in [0.3, 0.4) is 0 Å². The van der Waals surface area contributed by atoms with Gasteiger partial charge in [0.15, 0.2) is 0 Å². The van der Waals surface area contributed by atoms with Crippen molar-refractivity contribution in [3.05, 3.63) is 53.6 Å². The fraction of sp³-hybridized carbons (Fsp3) is 0.300. The van der Waals surface area contributed by atoms with E-state index in [0.717, 1.165) is 11.1 Å². The summed E-state index contributed by atoms with van der Waals surface area (Å²) in [6.07, 6.45) is -0.948. The van der Waals surface area contributed by atoms with E-state index >= 15 is 0 Å². The van der Waals surface area contributed by atoms with Crippen LogP contribution >= 0.6 is 0 Å². The Morgan fingerprint density at radius 1 is 1.22 bits per heavy atom. The summed E-state index contributed by atoms with van der Waals surface area (Å²) in [5.41, 5.74) is 8.19. The highest BCUT2D eigenvalue weighted by Gasteiger charge is 2.25. The third kappa shape index (κ3) is 5.13. The van der Waals surface area contributed by atoms with E-state index in [4.69, 9.17) is 15.2 Å². The van der Waals surface area contributed by atoms with Crippen LogP contribution in [-0.2, 0) is 13.1 Å². The van der Waals surface area contributed by atoms with Crippen LogP contribution in [0.4, 0.5) is 15.3 Å². The molecule has 0 aliphatic carbocycles. The van der Waals surface area contributed by atoms with Crippen molar-refractivity contribution in [2.75, 3.05) is 19.8 Å². The molecule has 3 rings (SSSR count). The summed E-state index contributed by atoms with van der Waals surface area (Å²) in [6, 6.07) is 12.4. The molecule has 0 fully saturated rings. The summed E-state index contributed by atoms with van der Waals surface area (Å²) in [7, 11) is 3.18. The predicted molar refractivity (Wildman–Crippen MR) is 104 cm³/mol. The van der Waals surface area contributed by atoms with Crippen LogP contribution in [0.1, 0.15) is 25.0 Å². The number of carbonyl (C=O) groups excluding carboxylic acids is 2. The van der Waals surface area contributed by atoms with E-state index in [1.165, 1.54) is 4.90 Å². The first-order valence-corrected chi connectivity index (χ1v) is 8.75. The van der Waals surface area contributed by atoms with Crippen molar-refractivity contribution in [1.29, 1.82) is 0 Å². The van der Waals surface area contributed by atoms with Gasteiger partial charge in [-0.3, -0.25) is 4.90 Å². The van der Waals surface area contributed by atoms with Crippen molar-refractivity contribution in [3.63, 3.8) is 0 Å². The van der Waals surface area contributed by atoms with Gasteiger partial charge in [-0.15, -0.1) is 0 Å². The van der Waals surface area contributed by atoms with Crippen molar-refractivity contribution in [2.24, 2.45) is 0 Å². The van der Waals surface area contributed by atoms with Crippen LogP contribution in [0.15, 0.2) is 42.5 Å². The molecule has 0 aromatic heterocycles. The maximum absolute atomic E-state index is 12.2. The minimum absolute atomic E-state index is 0.328. The van der Waals surface area contributed by atoms with Crippen molar-refractivity contribution in [2.45, 2.75) is 26.9 Å². The number of hydrogen-bond donors (Lipinski definition) is 1. The van der Waals surface area contributed by atoms with Gasteiger partial charge in [0.1, 0.15) is 11.5 Å². The lowest BCUT2D eigenvalue weighted by molar-refractivity contribution is 0.135. The monoisotopic (exact) mass is 371 g/mol. The first-order valence-electron chi connectivity index (χ1n) is 8.75. The van der Waals surface area contributed by atoms with Crippen LogP contribution in [0.25, 0.3) is 0 Å². The second-order valence-corrected chi connectivity index (χ2v) is 6.00. The van der Waals surface area contributed by atoms with Crippen molar-refractivity contribution in [3.8, 4) is 11.5 Å². The smallest absolute Gasteiger partial charge is 0.410 e. The highest BCUT2D eigenvalue weighted by atomic mass is 16.6. The van der Waals surface area contributed by atoms with Gasteiger partial charge in [0.05, 0.1) is 6.54 Å². The van der Waals surface area contributed by atoms with Crippen molar-refractivity contribution >= 4 is 17.9 Å². The second kappa shape index (κ2) is 8.93. The summed E-state index contributed by atoms with van der Waals surface area (Å²) >= 11 is 0. The number of nitrogen functional groups attached to an aromatic ring is 1. The fourth-order valence-electron chi connectivity index (χ4n) is 2.48. The van der Waals surface area contributed by atoms with Crippen LogP contribution in [0.5, 0.6) is 11.5 Å². The summed E-state index contributed by atoms with van der Waals surface area (Å²) in [4.78, 5) is 26.8. The number of amides is 2. The van der Waals surface area contributed by atoms with Gasteiger partial charge in [-0.2, -0.15) is 0 Å². The number of nitrogens with zero attached hydrogens (tertiary/aromatic N) is 2. The van der Waals surface area contributed by atoms with Gasteiger partial charge >= 0.3 is 12.2 Å². The quantitative estimate of drug-likeness (QED) is 0.828. The van der Waals surface area contributed by atoms with Crippen LogP contribution in [0.2, 0.25) is 0 Å². The lowest BCUT2D eigenvalue weighted by Crippen LogP contribution is -2.36. The van der Waals surface area contributed by atoms with Gasteiger partial charge in [0, 0.05) is 38.0 Å². The minimum atomic E-state index is -0.495. The maximum Gasteiger partial charge on any atom is 0.415 e. The molecule has 1 aliphatic rings. The van der Waals surface area contributed by atoms with E-state index < -0.39 is 12.2 Å². The number of rotatable bonds is 3. The summed E-state index contributed by atoms with van der Waals surface area (Å²) in [6.45, 7) is 4.81. The van der Waals surface area contributed by atoms with Gasteiger partial charge < -0.3 is 20.1 Å². The predicted octanol–water partition coefficient (Wildman–Crippen LogP) is 3.87. The third-order valence-electron chi connectivity index (χ3n) is 3.75. The van der Waals surface area contributed by atoms with E-state index in [1.807, 2.05) is 32.0 Å². The molecule has 2 N–H and O–H groups in total. The standard InChI is InChI=1S/C18H19N3O4.C2H6/c1-20(2)17(22)24-15-7-6-13-11-21(18(23)25-16(13)9-15)10-12-4-3-5-14(19)8-12;1-2/h3-9H,10-11,19H2,1-2H3;1-2H3. The van der Waals surface area contributed by atoms with E-state index in [0.29, 0.717) is 30.3 Å². The summed E-state index contributed by atoms with van der Waals surface area (Å²) in [5, 5.41) is 0. The van der Waals surface area contributed by atoms with Crippen molar-refractivity contribution in [1.82, 2.24) is 9.80 Å². The first-order chi connectivity index (χ1) is 12.9. The minimum Gasteiger partial charge on any atom is -0.410 e. The lowest BCUT2D eigenvalue weighted by Gasteiger charge is -2.28. The molecule has 0 unspecified atom stereocenters. The molecule has 7 heteroatoms. The number of hydrogen-bond acceptors (Lipinski definition) is 5. The molecule has 0 saturated carbocycles. The molecule has 0 bridgehead atoms. The molecule has 7 nitrogen and oxygen atoms in total.